The van der Waals surface area contributed by atoms with Crippen molar-refractivity contribution in [3.8, 4) is 0 Å². The Morgan fingerprint density at radius 1 is 1.00 bits per heavy atom. The molecule has 1 saturated carbocycles. The van der Waals surface area contributed by atoms with Crippen LogP contribution in [0.15, 0.2) is 59.5 Å². The van der Waals surface area contributed by atoms with Crippen molar-refractivity contribution in [2.24, 2.45) is 5.92 Å². The lowest BCUT2D eigenvalue weighted by molar-refractivity contribution is -0.144. The summed E-state index contributed by atoms with van der Waals surface area (Å²) in [5, 5.41) is 0. The van der Waals surface area contributed by atoms with Gasteiger partial charge in [-0.1, -0.05) is 42.5 Å². The molecule has 2 aromatic rings. The number of carbonyl (C=O) groups is 1. The Morgan fingerprint density at radius 3 is 2.41 bits per heavy atom. The maximum absolute atomic E-state index is 11.9. The van der Waals surface area contributed by atoms with Gasteiger partial charge in [0.1, 0.15) is 6.61 Å². The average Bonchev–Trinajstić information content (AvgIpc) is 3.38. The van der Waals surface area contributed by atoms with Crippen molar-refractivity contribution in [1.29, 1.82) is 0 Å². The summed E-state index contributed by atoms with van der Waals surface area (Å²) in [6.07, 6.45) is 3.11. The summed E-state index contributed by atoms with van der Waals surface area (Å²) in [6.45, 7) is 0.342. The first-order valence-corrected chi connectivity index (χ1v) is 8.69. The van der Waals surface area contributed by atoms with Crippen LogP contribution in [0.25, 0.3) is 0 Å². The average molecular weight is 312 g/mol. The van der Waals surface area contributed by atoms with Gasteiger partial charge in [0.05, 0.1) is 6.42 Å². The van der Waals surface area contributed by atoms with E-state index in [4.69, 9.17) is 4.74 Å². The fourth-order valence-electron chi connectivity index (χ4n) is 2.16. The normalized spacial score (nSPS) is 13.8. The largest absolute Gasteiger partial charge is 0.461 e. The molecular weight excluding hydrogens is 292 g/mol. The van der Waals surface area contributed by atoms with Crippen LogP contribution in [0.4, 0.5) is 0 Å². The number of thioether (sulfide) groups is 1. The molecule has 1 aliphatic rings. The van der Waals surface area contributed by atoms with Crippen LogP contribution in [-0.4, -0.2) is 11.7 Å². The topological polar surface area (TPSA) is 26.3 Å². The molecule has 0 saturated heterocycles. The summed E-state index contributed by atoms with van der Waals surface area (Å²) in [5.41, 5.74) is 2.02. The van der Waals surface area contributed by atoms with E-state index in [0.29, 0.717) is 13.0 Å². The Balaban J connectivity index is 1.44. The number of carbonyl (C=O) groups excluding carboxylic acids is 1. The van der Waals surface area contributed by atoms with Crippen molar-refractivity contribution < 1.29 is 9.53 Å². The quantitative estimate of drug-likeness (QED) is 0.557. The molecule has 0 aromatic heterocycles. The van der Waals surface area contributed by atoms with Gasteiger partial charge >= 0.3 is 5.97 Å². The molecule has 114 valence electrons. The number of benzene rings is 2. The molecule has 0 aliphatic heterocycles. The molecule has 0 heterocycles. The number of hydrogen-bond acceptors (Lipinski definition) is 3. The molecule has 0 amide bonds. The molecule has 0 atom stereocenters. The molecule has 3 heteroatoms. The number of ether oxygens (including phenoxy) is 1. The molecule has 0 N–H and O–H groups in total. The summed E-state index contributed by atoms with van der Waals surface area (Å²) < 4.78 is 5.31. The van der Waals surface area contributed by atoms with Crippen LogP contribution < -0.4 is 0 Å². The molecule has 2 aromatic carbocycles. The van der Waals surface area contributed by atoms with E-state index < -0.39 is 0 Å². The molecule has 0 unspecified atom stereocenters. The van der Waals surface area contributed by atoms with Gasteiger partial charge in [-0.25, -0.2) is 0 Å². The van der Waals surface area contributed by atoms with E-state index >= 15 is 0 Å². The lowest BCUT2D eigenvalue weighted by atomic mass is 10.1. The summed E-state index contributed by atoms with van der Waals surface area (Å²) in [5.74, 6) is 1.97. The molecule has 1 fully saturated rings. The van der Waals surface area contributed by atoms with Crippen LogP contribution in [0, 0.1) is 5.92 Å². The minimum Gasteiger partial charge on any atom is -0.461 e. The Labute approximate surface area is 135 Å². The van der Waals surface area contributed by atoms with Gasteiger partial charge in [-0.05, 0) is 42.0 Å². The molecule has 22 heavy (non-hydrogen) atoms. The highest BCUT2D eigenvalue weighted by Gasteiger charge is 2.20. The van der Waals surface area contributed by atoms with Gasteiger partial charge in [-0.15, -0.1) is 11.8 Å². The van der Waals surface area contributed by atoms with Crippen LogP contribution in [-0.2, 0) is 22.6 Å². The molecule has 2 nitrogen and oxygen atoms in total. The summed E-state index contributed by atoms with van der Waals surface area (Å²) in [4.78, 5) is 13.2. The zero-order chi connectivity index (χ0) is 15.2. The third-order valence-electron chi connectivity index (χ3n) is 3.70. The number of rotatable bonds is 7. The molecule has 0 spiro atoms. The van der Waals surface area contributed by atoms with Gasteiger partial charge < -0.3 is 4.74 Å². The van der Waals surface area contributed by atoms with Gasteiger partial charge in [-0.3, -0.25) is 4.79 Å². The van der Waals surface area contributed by atoms with Crippen molar-refractivity contribution in [2.45, 2.75) is 30.8 Å². The van der Waals surface area contributed by atoms with Gasteiger partial charge in [-0.2, -0.15) is 0 Å². The van der Waals surface area contributed by atoms with Crippen molar-refractivity contribution in [3.05, 3.63) is 65.7 Å². The lowest BCUT2D eigenvalue weighted by Gasteiger charge is -2.06. The van der Waals surface area contributed by atoms with Crippen LogP contribution in [0.1, 0.15) is 24.0 Å². The molecule has 0 bridgehead atoms. The maximum atomic E-state index is 11.9. The lowest BCUT2D eigenvalue weighted by Crippen LogP contribution is -2.07. The smallest absolute Gasteiger partial charge is 0.310 e. The molecule has 1 aliphatic carbocycles. The van der Waals surface area contributed by atoms with Crippen LogP contribution in [0.2, 0.25) is 0 Å². The zero-order valence-corrected chi connectivity index (χ0v) is 13.4. The third-order valence-corrected chi connectivity index (χ3v) is 4.94. The first kappa shape index (κ1) is 15.2. The molecule has 0 radical (unpaired) electrons. The minimum absolute atomic E-state index is 0.178. The fourth-order valence-corrected chi connectivity index (χ4v) is 3.25. The Kier molecular flexibility index (Phi) is 5.17. The Bertz CT molecular complexity index is 603. The van der Waals surface area contributed by atoms with Crippen molar-refractivity contribution >= 4 is 17.7 Å². The zero-order valence-electron chi connectivity index (χ0n) is 12.5. The van der Waals surface area contributed by atoms with Crippen LogP contribution >= 0.6 is 11.8 Å². The number of hydrogen-bond donors (Lipinski definition) is 0. The molecular formula is C19H20O2S. The van der Waals surface area contributed by atoms with Crippen molar-refractivity contribution in [1.82, 2.24) is 0 Å². The van der Waals surface area contributed by atoms with Crippen LogP contribution in [0.3, 0.4) is 0 Å². The molecule has 3 rings (SSSR count). The summed E-state index contributed by atoms with van der Waals surface area (Å²) in [7, 11) is 0. The fraction of sp³-hybridized carbons (Fsp3) is 0.316. The number of esters is 1. The van der Waals surface area contributed by atoms with Crippen LogP contribution in [0.5, 0.6) is 0 Å². The van der Waals surface area contributed by atoms with E-state index in [1.165, 1.54) is 23.5 Å². The highest BCUT2D eigenvalue weighted by atomic mass is 32.2. The van der Waals surface area contributed by atoms with E-state index in [1.54, 1.807) is 0 Å². The van der Waals surface area contributed by atoms with Gasteiger partial charge in [0.25, 0.3) is 0 Å². The second-order valence-corrected chi connectivity index (χ2v) is 6.81. The Hall–Kier alpha value is -1.74. The third kappa shape index (κ3) is 4.92. The SMILES string of the molecule is O=C(Cc1ccc(SCC2CC2)cc1)OCc1ccccc1. The van der Waals surface area contributed by atoms with Gasteiger partial charge in [0.15, 0.2) is 0 Å². The summed E-state index contributed by atoms with van der Waals surface area (Å²) in [6, 6.07) is 18.0. The van der Waals surface area contributed by atoms with E-state index in [9.17, 15) is 4.79 Å². The van der Waals surface area contributed by atoms with Crippen molar-refractivity contribution in [2.75, 3.05) is 5.75 Å². The van der Waals surface area contributed by atoms with E-state index in [-0.39, 0.29) is 5.97 Å². The first-order valence-electron chi connectivity index (χ1n) is 7.71. The van der Waals surface area contributed by atoms with E-state index in [2.05, 4.69) is 12.1 Å². The van der Waals surface area contributed by atoms with Gasteiger partial charge in [0, 0.05) is 10.6 Å². The standard InChI is InChI=1S/C19H20O2S/c20-19(21-13-16-4-2-1-3-5-16)12-15-8-10-18(11-9-15)22-14-17-6-7-17/h1-5,8-11,17H,6-7,12-14H2. The minimum atomic E-state index is -0.178. The summed E-state index contributed by atoms with van der Waals surface area (Å²) >= 11 is 1.91. The van der Waals surface area contributed by atoms with E-state index in [1.807, 2.05) is 54.2 Å². The monoisotopic (exact) mass is 312 g/mol. The predicted octanol–water partition coefficient (Wildman–Crippen LogP) is 4.47. The predicted molar refractivity (Wildman–Crippen MR) is 89.8 cm³/mol. The second-order valence-electron chi connectivity index (χ2n) is 5.72. The highest BCUT2D eigenvalue weighted by Crippen LogP contribution is 2.35. The van der Waals surface area contributed by atoms with Gasteiger partial charge in [0.2, 0.25) is 0 Å². The maximum Gasteiger partial charge on any atom is 0.310 e. The van der Waals surface area contributed by atoms with Crippen molar-refractivity contribution in [3.63, 3.8) is 0 Å². The second kappa shape index (κ2) is 7.50. The first-order chi connectivity index (χ1) is 10.8. The Morgan fingerprint density at radius 2 is 1.73 bits per heavy atom. The van der Waals surface area contributed by atoms with E-state index in [0.717, 1.165) is 17.0 Å². The highest BCUT2D eigenvalue weighted by molar-refractivity contribution is 7.99.